The zero-order chi connectivity index (χ0) is 15.4. The molecule has 0 bridgehead atoms. The monoisotopic (exact) mass is 308 g/mol. The molecule has 21 heavy (non-hydrogen) atoms. The molecule has 1 aliphatic heterocycles. The molecule has 0 aliphatic carbocycles. The number of hydrogen-bond acceptors (Lipinski definition) is 3. The summed E-state index contributed by atoms with van der Waals surface area (Å²) in [5, 5.41) is 3.40. The van der Waals surface area contributed by atoms with E-state index in [1.807, 2.05) is 11.8 Å². The van der Waals surface area contributed by atoms with Gasteiger partial charge in [-0.05, 0) is 24.0 Å². The third-order valence-electron chi connectivity index (χ3n) is 3.98. The second-order valence-corrected chi connectivity index (χ2v) is 6.99. The highest BCUT2D eigenvalue weighted by Gasteiger charge is 2.38. The van der Waals surface area contributed by atoms with Crippen LogP contribution in [0.25, 0.3) is 0 Å². The molecule has 0 saturated carbocycles. The van der Waals surface area contributed by atoms with Crippen molar-refractivity contribution in [2.75, 3.05) is 18.6 Å². The predicted octanol–water partition coefficient (Wildman–Crippen LogP) is 1.84. The molecule has 1 amide bonds. The summed E-state index contributed by atoms with van der Waals surface area (Å²) in [6.07, 6.45) is 3.36. The fourth-order valence-electron chi connectivity index (χ4n) is 2.65. The Morgan fingerprint density at radius 1 is 1.24 bits per heavy atom. The number of amides is 1. The highest BCUT2D eigenvalue weighted by molar-refractivity contribution is 7.84. The number of carbonyl (C=O) groups is 1. The average molecular weight is 308 g/mol. The zero-order valence-electron chi connectivity index (χ0n) is 13.0. The molecule has 2 rings (SSSR count). The molecule has 3 unspecified atom stereocenters. The fraction of sp³-hybridized carbons (Fsp3) is 0.562. The number of hydrogen-bond donors (Lipinski definition) is 1. The predicted molar refractivity (Wildman–Crippen MR) is 86.4 cm³/mol. The van der Waals surface area contributed by atoms with Gasteiger partial charge in [0.1, 0.15) is 6.17 Å². The Labute approximate surface area is 129 Å². The summed E-state index contributed by atoms with van der Waals surface area (Å²) < 4.78 is 11.3. The van der Waals surface area contributed by atoms with Gasteiger partial charge in [-0.15, -0.1) is 0 Å². The summed E-state index contributed by atoms with van der Waals surface area (Å²) in [4.78, 5) is 14.3. The van der Waals surface area contributed by atoms with Crippen molar-refractivity contribution < 1.29 is 9.00 Å². The van der Waals surface area contributed by atoms with Gasteiger partial charge in [0.25, 0.3) is 0 Å². The number of nitrogens with one attached hydrogen (secondary N) is 1. The van der Waals surface area contributed by atoms with Crippen LogP contribution in [0.4, 0.5) is 0 Å². The minimum Gasteiger partial charge on any atom is -0.321 e. The maximum atomic E-state index is 12.4. The quantitative estimate of drug-likeness (QED) is 0.872. The van der Waals surface area contributed by atoms with E-state index in [-0.39, 0.29) is 18.1 Å². The van der Waals surface area contributed by atoms with Gasteiger partial charge < -0.3 is 4.90 Å². The van der Waals surface area contributed by atoms with Gasteiger partial charge in [0.15, 0.2) is 0 Å². The molecular formula is C16H24N2O2S. The molecule has 1 fully saturated rings. The molecule has 1 N–H and O–H groups in total. The molecule has 1 saturated heterocycles. The second-order valence-electron chi connectivity index (χ2n) is 5.43. The first-order chi connectivity index (χ1) is 10.1. The lowest BCUT2D eigenvalue weighted by atomic mass is 10.1. The molecule has 0 aromatic heterocycles. The summed E-state index contributed by atoms with van der Waals surface area (Å²) in [5.41, 5.74) is 2.38. The van der Waals surface area contributed by atoms with Crippen LogP contribution in [0.5, 0.6) is 0 Å². The van der Waals surface area contributed by atoms with Crippen LogP contribution in [0.2, 0.25) is 0 Å². The smallest absolute Gasteiger partial charge is 0.241 e. The van der Waals surface area contributed by atoms with E-state index in [9.17, 15) is 9.00 Å². The van der Waals surface area contributed by atoms with Crippen LogP contribution in [0.15, 0.2) is 24.3 Å². The Hall–Kier alpha value is -1.20. The first-order valence-electron chi connectivity index (χ1n) is 7.52. The van der Waals surface area contributed by atoms with Gasteiger partial charge in [-0.25, -0.2) is 0 Å². The molecule has 1 aliphatic rings. The first-order valence-corrected chi connectivity index (χ1v) is 9.25. The summed E-state index contributed by atoms with van der Waals surface area (Å²) in [6.45, 7) is 4.67. The maximum Gasteiger partial charge on any atom is 0.241 e. The van der Waals surface area contributed by atoms with Crippen molar-refractivity contribution in [1.29, 1.82) is 0 Å². The van der Waals surface area contributed by atoms with Crippen molar-refractivity contribution in [2.45, 2.75) is 38.9 Å². The number of aryl methyl sites for hydroxylation is 1. The molecule has 0 spiro atoms. The van der Waals surface area contributed by atoms with E-state index in [4.69, 9.17) is 0 Å². The summed E-state index contributed by atoms with van der Waals surface area (Å²) in [5.74, 6) is 0.639. The van der Waals surface area contributed by atoms with Crippen molar-refractivity contribution in [3.63, 3.8) is 0 Å². The van der Waals surface area contributed by atoms with Gasteiger partial charge in [-0.1, -0.05) is 38.1 Å². The molecule has 3 atom stereocenters. The van der Waals surface area contributed by atoms with Crippen molar-refractivity contribution >= 4 is 16.7 Å². The molecule has 4 nitrogen and oxygen atoms in total. The van der Waals surface area contributed by atoms with Crippen molar-refractivity contribution in [1.82, 2.24) is 10.2 Å². The Morgan fingerprint density at radius 2 is 1.90 bits per heavy atom. The third-order valence-corrected chi connectivity index (χ3v) is 4.74. The Bertz CT molecular complexity index is 516. The van der Waals surface area contributed by atoms with Crippen molar-refractivity contribution in [2.24, 2.45) is 0 Å². The van der Waals surface area contributed by atoms with Gasteiger partial charge in [0, 0.05) is 29.4 Å². The van der Waals surface area contributed by atoms with Crippen LogP contribution in [-0.2, 0) is 22.0 Å². The van der Waals surface area contributed by atoms with Crippen LogP contribution in [0, 0.1) is 0 Å². The van der Waals surface area contributed by atoms with Crippen LogP contribution in [-0.4, -0.2) is 39.6 Å². The van der Waals surface area contributed by atoms with E-state index in [0.29, 0.717) is 12.3 Å². The number of carbonyl (C=O) groups excluding carboxylic acids is 1. The lowest BCUT2D eigenvalue weighted by Crippen LogP contribution is -2.34. The van der Waals surface area contributed by atoms with Gasteiger partial charge in [-0.2, -0.15) is 0 Å². The molecule has 116 valence electrons. The third kappa shape index (κ3) is 3.71. The first kappa shape index (κ1) is 16.2. The van der Waals surface area contributed by atoms with E-state index in [1.54, 1.807) is 6.26 Å². The average Bonchev–Trinajstić information content (AvgIpc) is 2.81. The number of benzene rings is 1. The zero-order valence-corrected chi connectivity index (χ0v) is 13.8. The maximum absolute atomic E-state index is 12.4. The van der Waals surface area contributed by atoms with E-state index in [0.717, 1.165) is 18.4 Å². The highest BCUT2D eigenvalue weighted by Crippen LogP contribution is 2.26. The van der Waals surface area contributed by atoms with E-state index < -0.39 is 10.8 Å². The number of rotatable bonds is 6. The summed E-state index contributed by atoms with van der Waals surface area (Å²) >= 11 is 0. The van der Waals surface area contributed by atoms with Crippen molar-refractivity contribution in [3.8, 4) is 0 Å². The minimum atomic E-state index is -0.888. The van der Waals surface area contributed by atoms with Gasteiger partial charge in [0.05, 0.1) is 6.04 Å². The largest absolute Gasteiger partial charge is 0.321 e. The number of nitrogens with zero attached hydrogens (tertiary/aromatic N) is 1. The van der Waals surface area contributed by atoms with Gasteiger partial charge >= 0.3 is 0 Å². The SMILES string of the molecule is CCc1ccc(C2NC(CC)C(=O)N2CCS(C)=O)cc1. The Morgan fingerprint density at radius 3 is 2.43 bits per heavy atom. The topological polar surface area (TPSA) is 49.4 Å². The standard InChI is InChI=1S/C16H24N2O2S/c1-4-12-6-8-13(9-7-12)15-17-14(5-2)16(19)18(15)10-11-21(3)20/h6-9,14-15,17H,4-5,10-11H2,1-3H3. The highest BCUT2D eigenvalue weighted by atomic mass is 32.2. The minimum absolute atomic E-state index is 0.100. The summed E-state index contributed by atoms with van der Waals surface area (Å²) in [6, 6.07) is 8.25. The van der Waals surface area contributed by atoms with E-state index in [2.05, 4.69) is 36.5 Å². The fourth-order valence-corrected chi connectivity index (χ4v) is 3.10. The van der Waals surface area contributed by atoms with Crippen LogP contribution >= 0.6 is 0 Å². The molecule has 1 heterocycles. The molecule has 5 heteroatoms. The van der Waals surface area contributed by atoms with Gasteiger partial charge in [0.2, 0.25) is 5.91 Å². The van der Waals surface area contributed by atoms with E-state index >= 15 is 0 Å². The molecule has 1 aromatic rings. The van der Waals surface area contributed by atoms with Crippen LogP contribution in [0.3, 0.4) is 0 Å². The lowest BCUT2D eigenvalue weighted by Gasteiger charge is -2.24. The molecule has 0 radical (unpaired) electrons. The second kappa shape index (κ2) is 7.18. The Balaban J connectivity index is 2.20. The van der Waals surface area contributed by atoms with E-state index in [1.165, 1.54) is 5.56 Å². The normalized spacial score (nSPS) is 23.6. The molecule has 1 aromatic carbocycles. The summed E-state index contributed by atoms with van der Waals surface area (Å²) in [7, 11) is -0.888. The van der Waals surface area contributed by atoms with Crippen LogP contribution < -0.4 is 5.32 Å². The lowest BCUT2D eigenvalue weighted by molar-refractivity contribution is -0.129. The Kier molecular flexibility index (Phi) is 5.53. The van der Waals surface area contributed by atoms with Crippen molar-refractivity contribution in [3.05, 3.63) is 35.4 Å². The van der Waals surface area contributed by atoms with Gasteiger partial charge in [-0.3, -0.25) is 14.3 Å². The van der Waals surface area contributed by atoms with Crippen LogP contribution in [0.1, 0.15) is 37.6 Å². The molecular weight excluding hydrogens is 284 g/mol.